The van der Waals surface area contributed by atoms with Crippen LogP contribution in [0.4, 0.5) is 5.69 Å². The molecule has 1 aliphatic rings. The minimum absolute atomic E-state index is 0.00705. The number of likely N-dealkylation sites (tertiary alicyclic amines) is 1. The number of nitrogens with two attached hydrogens (primary N) is 1. The molecule has 2 rings (SSSR count). The molecule has 1 aliphatic heterocycles. The smallest absolute Gasteiger partial charge is 0.361 e. The van der Waals surface area contributed by atoms with Crippen molar-refractivity contribution in [1.82, 2.24) is 14.7 Å². The van der Waals surface area contributed by atoms with Crippen molar-refractivity contribution in [2.75, 3.05) is 25.4 Å². The third kappa shape index (κ3) is 3.34. The van der Waals surface area contributed by atoms with Gasteiger partial charge in [0.1, 0.15) is 6.04 Å². The highest BCUT2D eigenvalue weighted by atomic mass is 16.5. The van der Waals surface area contributed by atoms with Gasteiger partial charge in [0.25, 0.3) is 0 Å². The van der Waals surface area contributed by atoms with Crippen LogP contribution in [-0.4, -0.2) is 46.3 Å². The average molecular weight is 294 g/mol. The van der Waals surface area contributed by atoms with E-state index in [-0.39, 0.29) is 23.9 Å². The Morgan fingerprint density at radius 3 is 2.67 bits per heavy atom. The quantitative estimate of drug-likeness (QED) is 0.843. The first-order chi connectivity index (χ1) is 10.0. The molecule has 0 radical (unpaired) electrons. The topological polar surface area (TPSA) is 90.4 Å². The van der Waals surface area contributed by atoms with Crippen LogP contribution in [0.5, 0.6) is 0 Å². The molecule has 0 aromatic carbocycles. The standard InChI is InChI=1S/C14H22N4O3/c1-3-21-14(20)12-11(15)9-18(16-12)10(2)13(19)17-7-5-4-6-8-17/h9-10H,3-8,15H2,1-2H3. The van der Waals surface area contributed by atoms with Crippen LogP contribution in [0.2, 0.25) is 0 Å². The highest BCUT2D eigenvalue weighted by Crippen LogP contribution is 2.18. The maximum Gasteiger partial charge on any atom is 0.361 e. The summed E-state index contributed by atoms with van der Waals surface area (Å²) in [5.74, 6) is -0.556. The molecule has 116 valence electrons. The van der Waals surface area contributed by atoms with Gasteiger partial charge < -0.3 is 15.4 Å². The largest absolute Gasteiger partial charge is 0.461 e. The Morgan fingerprint density at radius 2 is 2.05 bits per heavy atom. The third-order valence-corrected chi connectivity index (χ3v) is 3.65. The predicted octanol–water partition coefficient (Wildman–Crippen LogP) is 1.22. The first-order valence-electron chi connectivity index (χ1n) is 7.35. The number of aromatic nitrogens is 2. The fourth-order valence-corrected chi connectivity index (χ4v) is 2.45. The van der Waals surface area contributed by atoms with Gasteiger partial charge in [-0.2, -0.15) is 5.10 Å². The lowest BCUT2D eigenvalue weighted by atomic mass is 10.1. The zero-order chi connectivity index (χ0) is 15.4. The van der Waals surface area contributed by atoms with E-state index in [1.165, 1.54) is 17.3 Å². The Kier molecular flexibility index (Phi) is 4.82. The number of ether oxygens (including phenoxy) is 1. The van der Waals surface area contributed by atoms with E-state index >= 15 is 0 Å². The molecule has 2 heterocycles. The van der Waals surface area contributed by atoms with Crippen molar-refractivity contribution in [3.63, 3.8) is 0 Å². The van der Waals surface area contributed by atoms with Crippen LogP contribution in [0.25, 0.3) is 0 Å². The zero-order valence-corrected chi connectivity index (χ0v) is 12.5. The molecule has 0 aliphatic carbocycles. The second-order valence-electron chi connectivity index (χ2n) is 5.20. The van der Waals surface area contributed by atoms with E-state index in [4.69, 9.17) is 10.5 Å². The fourth-order valence-electron chi connectivity index (χ4n) is 2.45. The summed E-state index contributed by atoms with van der Waals surface area (Å²) in [7, 11) is 0. The van der Waals surface area contributed by atoms with Crippen LogP contribution in [0, 0.1) is 0 Å². The number of esters is 1. The molecule has 1 aromatic rings. The summed E-state index contributed by atoms with van der Waals surface area (Å²) in [5.41, 5.74) is 6.07. The molecule has 2 N–H and O–H groups in total. The Bertz CT molecular complexity index is 520. The lowest BCUT2D eigenvalue weighted by Gasteiger charge is -2.29. The number of carbonyl (C=O) groups excluding carboxylic acids is 2. The van der Waals surface area contributed by atoms with E-state index in [9.17, 15) is 9.59 Å². The van der Waals surface area contributed by atoms with E-state index in [1.54, 1.807) is 13.8 Å². The van der Waals surface area contributed by atoms with Crippen molar-refractivity contribution in [2.45, 2.75) is 39.2 Å². The summed E-state index contributed by atoms with van der Waals surface area (Å²) >= 11 is 0. The fraction of sp³-hybridized carbons (Fsp3) is 0.643. The Labute approximate surface area is 124 Å². The number of hydrogen-bond donors (Lipinski definition) is 1. The molecule has 1 atom stereocenters. The van der Waals surface area contributed by atoms with Gasteiger partial charge in [0.05, 0.1) is 12.3 Å². The monoisotopic (exact) mass is 294 g/mol. The molecule has 1 aromatic heterocycles. The second kappa shape index (κ2) is 6.60. The van der Waals surface area contributed by atoms with Crippen LogP contribution in [0.1, 0.15) is 49.6 Å². The lowest BCUT2D eigenvalue weighted by molar-refractivity contribution is -0.135. The summed E-state index contributed by atoms with van der Waals surface area (Å²) in [4.78, 5) is 26.0. The van der Waals surface area contributed by atoms with Crippen molar-refractivity contribution in [2.24, 2.45) is 0 Å². The number of rotatable bonds is 4. The van der Waals surface area contributed by atoms with Crippen molar-refractivity contribution >= 4 is 17.6 Å². The molecule has 0 saturated carbocycles. The molecule has 1 fully saturated rings. The number of piperidine rings is 1. The highest BCUT2D eigenvalue weighted by molar-refractivity contribution is 5.92. The van der Waals surface area contributed by atoms with Crippen LogP contribution >= 0.6 is 0 Å². The van der Waals surface area contributed by atoms with Crippen LogP contribution in [-0.2, 0) is 9.53 Å². The zero-order valence-electron chi connectivity index (χ0n) is 12.5. The maximum atomic E-state index is 12.4. The lowest BCUT2D eigenvalue weighted by Crippen LogP contribution is -2.39. The summed E-state index contributed by atoms with van der Waals surface area (Å²) < 4.78 is 6.33. The number of hydrogen-bond acceptors (Lipinski definition) is 5. The van der Waals surface area contributed by atoms with Gasteiger partial charge in [-0.05, 0) is 33.1 Å². The number of carbonyl (C=O) groups is 2. The molecule has 1 amide bonds. The number of anilines is 1. The van der Waals surface area contributed by atoms with Crippen LogP contribution in [0.15, 0.2) is 6.20 Å². The van der Waals surface area contributed by atoms with E-state index < -0.39 is 12.0 Å². The summed E-state index contributed by atoms with van der Waals surface area (Å²) in [6.45, 7) is 5.30. The Hall–Kier alpha value is -2.05. The maximum absolute atomic E-state index is 12.4. The van der Waals surface area contributed by atoms with Gasteiger partial charge in [-0.1, -0.05) is 0 Å². The normalized spacial score (nSPS) is 16.6. The Morgan fingerprint density at radius 1 is 1.38 bits per heavy atom. The van der Waals surface area contributed by atoms with Gasteiger partial charge in [0.2, 0.25) is 5.91 Å². The molecule has 1 saturated heterocycles. The van der Waals surface area contributed by atoms with Gasteiger partial charge >= 0.3 is 5.97 Å². The van der Waals surface area contributed by atoms with Gasteiger partial charge in [0, 0.05) is 19.3 Å². The third-order valence-electron chi connectivity index (χ3n) is 3.65. The Balaban J connectivity index is 2.11. The first kappa shape index (κ1) is 15.3. The van der Waals surface area contributed by atoms with E-state index in [0.717, 1.165) is 25.9 Å². The molecule has 0 spiro atoms. The van der Waals surface area contributed by atoms with E-state index in [0.29, 0.717) is 0 Å². The summed E-state index contributed by atoms with van der Waals surface area (Å²) in [6.07, 6.45) is 4.75. The van der Waals surface area contributed by atoms with Crippen molar-refractivity contribution in [3.05, 3.63) is 11.9 Å². The first-order valence-corrected chi connectivity index (χ1v) is 7.35. The molecule has 0 bridgehead atoms. The summed E-state index contributed by atoms with van der Waals surface area (Å²) in [5, 5.41) is 4.11. The van der Waals surface area contributed by atoms with Crippen molar-refractivity contribution < 1.29 is 14.3 Å². The van der Waals surface area contributed by atoms with Gasteiger partial charge in [-0.25, -0.2) is 4.79 Å². The average Bonchev–Trinajstić information content (AvgIpc) is 2.89. The van der Waals surface area contributed by atoms with Gasteiger partial charge in [0.15, 0.2) is 5.69 Å². The van der Waals surface area contributed by atoms with Gasteiger partial charge in [-0.15, -0.1) is 0 Å². The number of nitrogen functional groups attached to an aromatic ring is 1. The van der Waals surface area contributed by atoms with E-state index in [2.05, 4.69) is 5.10 Å². The molecule has 21 heavy (non-hydrogen) atoms. The molecular weight excluding hydrogens is 272 g/mol. The van der Waals surface area contributed by atoms with Crippen molar-refractivity contribution in [1.29, 1.82) is 0 Å². The predicted molar refractivity (Wildman–Crippen MR) is 77.7 cm³/mol. The summed E-state index contributed by atoms with van der Waals surface area (Å²) in [6, 6.07) is -0.478. The minimum atomic E-state index is -0.564. The SMILES string of the molecule is CCOC(=O)c1nn(C(C)C(=O)N2CCCCC2)cc1N. The second-order valence-corrected chi connectivity index (χ2v) is 5.20. The van der Waals surface area contributed by atoms with Crippen molar-refractivity contribution in [3.8, 4) is 0 Å². The molecule has 7 nitrogen and oxygen atoms in total. The van der Waals surface area contributed by atoms with Gasteiger partial charge in [-0.3, -0.25) is 9.48 Å². The molecule has 1 unspecified atom stereocenters. The number of nitrogens with zero attached hydrogens (tertiary/aromatic N) is 3. The highest BCUT2D eigenvalue weighted by Gasteiger charge is 2.26. The molecule has 7 heteroatoms. The van der Waals surface area contributed by atoms with Crippen LogP contribution < -0.4 is 5.73 Å². The van der Waals surface area contributed by atoms with E-state index in [1.807, 2.05) is 4.90 Å². The number of amides is 1. The minimum Gasteiger partial charge on any atom is -0.461 e. The molecular formula is C14H22N4O3. The van der Waals surface area contributed by atoms with Crippen LogP contribution in [0.3, 0.4) is 0 Å².